The molecule has 78 valence electrons. The van der Waals surface area contributed by atoms with Crippen LogP contribution in [0.4, 0.5) is 5.69 Å². The van der Waals surface area contributed by atoms with E-state index in [4.69, 9.17) is 0 Å². The molecule has 2 heterocycles. The number of carbonyl (C=O) groups is 1. The summed E-state index contributed by atoms with van der Waals surface area (Å²) >= 11 is 3.26. The van der Waals surface area contributed by atoms with Crippen molar-refractivity contribution in [2.24, 2.45) is 5.92 Å². The average molecular weight is 267 g/mol. The van der Waals surface area contributed by atoms with E-state index in [2.05, 4.69) is 27.5 Å². The summed E-state index contributed by atoms with van der Waals surface area (Å²) in [6.45, 7) is 4.43. The topological polar surface area (TPSA) is 33.2 Å². The van der Waals surface area contributed by atoms with Crippen LogP contribution in [-0.2, 0) is 4.79 Å². The predicted molar refractivity (Wildman–Crippen MR) is 62.6 cm³/mol. The van der Waals surface area contributed by atoms with Crippen LogP contribution in [0, 0.1) is 5.92 Å². The minimum atomic E-state index is 0.143. The van der Waals surface area contributed by atoms with Gasteiger partial charge in [-0.2, -0.15) is 0 Å². The SMILES string of the molecule is C=CC1CC(=O)N(c2ccc(Br)nc2)C1. The fourth-order valence-corrected chi connectivity index (χ4v) is 1.90. The first-order valence-corrected chi connectivity index (χ1v) is 5.54. The number of carbonyl (C=O) groups excluding carboxylic acids is 1. The first-order chi connectivity index (χ1) is 7.20. The van der Waals surface area contributed by atoms with E-state index in [1.807, 2.05) is 18.2 Å². The number of hydrogen-bond donors (Lipinski definition) is 0. The van der Waals surface area contributed by atoms with Gasteiger partial charge in [0.15, 0.2) is 0 Å². The molecule has 0 bridgehead atoms. The molecule has 0 N–H and O–H groups in total. The summed E-state index contributed by atoms with van der Waals surface area (Å²) in [5, 5.41) is 0. The van der Waals surface area contributed by atoms with Gasteiger partial charge in [0.2, 0.25) is 5.91 Å². The maximum absolute atomic E-state index is 11.7. The number of aromatic nitrogens is 1. The molecule has 0 aliphatic carbocycles. The molecule has 1 fully saturated rings. The Hall–Kier alpha value is -1.16. The van der Waals surface area contributed by atoms with E-state index in [0.717, 1.165) is 10.3 Å². The largest absolute Gasteiger partial charge is 0.310 e. The molecule has 2 rings (SSSR count). The Kier molecular flexibility index (Phi) is 2.86. The van der Waals surface area contributed by atoms with E-state index in [-0.39, 0.29) is 11.8 Å². The third-order valence-corrected chi connectivity index (χ3v) is 2.98. The Balaban J connectivity index is 2.21. The highest BCUT2D eigenvalue weighted by molar-refractivity contribution is 9.10. The number of amides is 1. The van der Waals surface area contributed by atoms with Crippen LogP contribution < -0.4 is 4.90 Å². The van der Waals surface area contributed by atoms with Gasteiger partial charge in [-0.1, -0.05) is 6.08 Å². The number of nitrogens with zero attached hydrogens (tertiary/aromatic N) is 2. The van der Waals surface area contributed by atoms with Crippen LogP contribution in [0.3, 0.4) is 0 Å². The smallest absolute Gasteiger partial charge is 0.227 e. The number of rotatable bonds is 2. The van der Waals surface area contributed by atoms with E-state index in [1.54, 1.807) is 11.1 Å². The lowest BCUT2D eigenvalue weighted by Gasteiger charge is -2.15. The molecule has 1 aromatic heterocycles. The molecule has 15 heavy (non-hydrogen) atoms. The standard InChI is InChI=1S/C11H11BrN2O/c1-2-8-5-11(15)14(7-8)9-3-4-10(12)13-6-9/h2-4,6,8H,1,5,7H2. The lowest BCUT2D eigenvalue weighted by molar-refractivity contribution is -0.117. The van der Waals surface area contributed by atoms with Crippen LogP contribution in [-0.4, -0.2) is 17.4 Å². The second kappa shape index (κ2) is 4.14. The molecule has 0 radical (unpaired) electrons. The summed E-state index contributed by atoms with van der Waals surface area (Å²) in [4.78, 5) is 17.5. The van der Waals surface area contributed by atoms with E-state index in [1.165, 1.54) is 0 Å². The quantitative estimate of drug-likeness (QED) is 0.609. The fourth-order valence-electron chi connectivity index (χ4n) is 1.67. The zero-order chi connectivity index (χ0) is 10.8. The van der Waals surface area contributed by atoms with Crippen LogP contribution >= 0.6 is 15.9 Å². The molecule has 4 heteroatoms. The molecular formula is C11H11BrN2O. The fraction of sp³-hybridized carbons (Fsp3) is 0.273. The Bertz CT molecular complexity index is 388. The third kappa shape index (κ3) is 2.09. The first kappa shape index (κ1) is 10.4. The first-order valence-electron chi connectivity index (χ1n) is 4.75. The van der Waals surface area contributed by atoms with Crippen LogP contribution in [0.1, 0.15) is 6.42 Å². The molecule has 1 atom stereocenters. The molecule has 0 saturated carbocycles. The van der Waals surface area contributed by atoms with Crippen molar-refractivity contribution < 1.29 is 4.79 Å². The highest BCUT2D eigenvalue weighted by Gasteiger charge is 2.28. The van der Waals surface area contributed by atoms with Crippen molar-refractivity contribution in [3.05, 3.63) is 35.6 Å². The average Bonchev–Trinajstić information content (AvgIpc) is 2.61. The van der Waals surface area contributed by atoms with Gasteiger partial charge < -0.3 is 4.90 Å². The third-order valence-electron chi connectivity index (χ3n) is 2.51. The number of halogens is 1. The summed E-state index contributed by atoms with van der Waals surface area (Å²) in [5.74, 6) is 0.408. The maximum atomic E-state index is 11.7. The van der Waals surface area contributed by atoms with Crippen molar-refractivity contribution >= 4 is 27.5 Å². The zero-order valence-corrected chi connectivity index (χ0v) is 9.77. The van der Waals surface area contributed by atoms with Crippen LogP contribution in [0.25, 0.3) is 0 Å². The van der Waals surface area contributed by atoms with Gasteiger partial charge in [-0.25, -0.2) is 4.98 Å². The van der Waals surface area contributed by atoms with Crippen molar-refractivity contribution in [2.45, 2.75) is 6.42 Å². The lowest BCUT2D eigenvalue weighted by Crippen LogP contribution is -2.24. The molecule has 1 unspecified atom stereocenters. The van der Waals surface area contributed by atoms with E-state index in [0.29, 0.717) is 13.0 Å². The Morgan fingerprint density at radius 1 is 1.60 bits per heavy atom. The molecule has 1 aliphatic heterocycles. The van der Waals surface area contributed by atoms with Crippen molar-refractivity contribution in [3.63, 3.8) is 0 Å². The lowest BCUT2D eigenvalue weighted by atomic mass is 10.1. The molecule has 0 aromatic carbocycles. The normalized spacial score (nSPS) is 20.7. The molecular weight excluding hydrogens is 256 g/mol. The van der Waals surface area contributed by atoms with Gasteiger partial charge in [0, 0.05) is 18.9 Å². The van der Waals surface area contributed by atoms with E-state index < -0.39 is 0 Å². The van der Waals surface area contributed by atoms with Gasteiger partial charge in [-0.05, 0) is 28.1 Å². The Morgan fingerprint density at radius 2 is 2.40 bits per heavy atom. The van der Waals surface area contributed by atoms with Gasteiger partial charge in [0.05, 0.1) is 11.9 Å². The van der Waals surface area contributed by atoms with Crippen molar-refractivity contribution in [1.82, 2.24) is 4.98 Å². The number of hydrogen-bond acceptors (Lipinski definition) is 2. The number of anilines is 1. The summed E-state index contributed by atoms with van der Waals surface area (Å²) in [6.07, 6.45) is 4.09. The molecule has 1 saturated heterocycles. The monoisotopic (exact) mass is 266 g/mol. The van der Waals surface area contributed by atoms with Crippen LogP contribution in [0.5, 0.6) is 0 Å². The second-order valence-corrected chi connectivity index (χ2v) is 4.36. The van der Waals surface area contributed by atoms with Gasteiger partial charge >= 0.3 is 0 Å². The second-order valence-electron chi connectivity index (χ2n) is 3.54. The maximum Gasteiger partial charge on any atom is 0.227 e. The summed E-state index contributed by atoms with van der Waals surface area (Å²) in [7, 11) is 0. The van der Waals surface area contributed by atoms with Crippen molar-refractivity contribution in [1.29, 1.82) is 0 Å². The Labute approximate surface area is 96.9 Å². The minimum Gasteiger partial charge on any atom is -0.310 e. The molecule has 0 spiro atoms. The van der Waals surface area contributed by atoms with Crippen molar-refractivity contribution in [3.8, 4) is 0 Å². The molecule has 1 amide bonds. The molecule has 1 aromatic rings. The predicted octanol–water partition coefficient (Wildman–Crippen LogP) is 2.38. The van der Waals surface area contributed by atoms with Gasteiger partial charge in [-0.3, -0.25) is 4.79 Å². The number of pyridine rings is 1. The van der Waals surface area contributed by atoms with Crippen molar-refractivity contribution in [2.75, 3.05) is 11.4 Å². The Morgan fingerprint density at radius 3 is 2.93 bits per heavy atom. The van der Waals surface area contributed by atoms with Gasteiger partial charge in [0.25, 0.3) is 0 Å². The van der Waals surface area contributed by atoms with Crippen LogP contribution in [0.15, 0.2) is 35.6 Å². The van der Waals surface area contributed by atoms with Crippen LogP contribution in [0.2, 0.25) is 0 Å². The van der Waals surface area contributed by atoms with Gasteiger partial charge in [-0.15, -0.1) is 6.58 Å². The summed E-state index contributed by atoms with van der Waals surface area (Å²) < 4.78 is 0.776. The summed E-state index contributed by atoms with van der Waals surface area (Å²) in [6, 6.07) is 3.73. The minimum absolute atomic E-state index is 0.143. The summed E-state index contributed by atoms with van der Waals surface area (Å²) in [5.41, 5.74) is 0.854. The highest BCUT2D eigenvalue weighted by atomic mass is 79.9. The zero-order valence-electron chi connectivity index (χ0n) is 8.19. The highest BCUT2D eigenvalue weighted by Crippen LogP contribution is 2.25. The molecule has 1 aliphatic rings. The van der Waals surface area contributed by atoms with Gasteiger partial charge in [0.1, 0.15) is 4.60 Å². The molecule has 3 nitrogen and oxygen atoms in total. The van der Waals surface area contributed by atoms with E-state index >= 15 is 0 Å². The van der Waals surface area contributed by atoms with E-state index in [9.17, 15) is 4.79 Å².